The SMILES string of the molecule is CCCN(CCO)CC1(CO)CCCC1. The van der Waals surface area contributed by atoms with Crippen molar-refractivity contribution in [1.82, 2.24) is 4.90 Å². The predicted molar refractivity (Wildman–Crippen MR) is 61.8 cm³/mol. The highest BCUT2D eigenvalue weighted by atomic mass is 16.3. The molecular formula is C12H25NO2. The van der Waals surface area contributed by atoms with Gasteiger partial charge in [0, 0.05) is 25.1 Å². The van der Waals surface area contributed by atoms with Crippen molar-refractivity contribution in [2.24, 2.45) is 5.41 Å². The van der Waals surface area contributed by atoms with Gasteiger partial charge in [-0.25, -0.2) is 0 Å². The van der Waals surface area contributed by atoms with Crippen molar-refractivity contribution in [1.29, 1.82) is 0 Å². The smallest absolute Gasteiger partial charge is 0.0558 e. The van der Waals surface area contributed by atoms with Crippen LogP contribution >= 0.6 is 0 Å². The summed E-state index contributed by atoms with van der Waals surface area (Å²) >= 11 is 0. The standard InChI is InChI=1S/C12H25NO2/c1-2-7-13(8-9-14)10-12(11-15)5-3-4-6-12/h14-15H,2-11H2,1H3. The molecule has 0 aromatic rings. The summed E-state index contributed by atoms with van der Waals surface area (Å²) in [5.41, 5.74) is 0.129. The van der Waals surface area contributed by atoms with E-state index in [2.05, 4.69) is 11.8 Å². The lowest BCUT2D eigenvalue weighted by molar-refractivity contribution is 0.0695. The van der Waals surface area contributed by atoms with Crippen molar-refractivity contribution in [2.45, 2.75) is 39.0 Å². The van der Waals surface area contributed by atoms with Crippen LogP contribution in [0, 0.1) is 5.41 Å². The van der Waals surface area contributed by atoms with Gasteiger partial charge in [-0.1, -0.05) is 19.8 Å². The van der Waals surface area contributed by atoms with Crippen molar-refractivity contribution in [3.8, 4) is 0 Å². The highest BCUT2D eigenvalue weighted by Crippen LogP contribution is 2.38. The molecule has 1 rings (SSSR count). The Hall–Kier alpha value is -0.120. The van der Waals surface area contributed by atoms with Gasteiger partial charge >= 0.3 is 0 Å². The number of nitrogens with zero attached hydrogens (tertiary/aromatic N) is 1. The van der Waals surface area contributed by atoms with Crippen molar-refractivity contribution >= 4 is 0 Å². The van der Waals surface area contributed by atoms with Gasteiger partial charge in [0.05, 0.1) is 6.61 Å². The Kier molecular flexibility index (Phi) is 5.58. The zero-order valence-electron chi connectivity index (χ0n) is 9.91. The van der Waals surface area contributed by atoms with Crippen molar-refractivity contribution in [3.05, 3.63) is 0 Å². The van der Waals surface area contributed by atoms with Crippen LogP contribution < -0.4 is 0 Å². The van der Waals surface area contributed by atoms with Crippen LogP contribution in [0.25, 0.3) is 0 Å². The molecular weight excluding hydrogens is 190 g/mol. The maximum atomic E-state index is 9.51. The number of hydrogen-bond acceptors (Lipinski definition) is 3. The molecule has 90 valence electrons. The molecule has 1 aliphatic rings. The molecule has 0 radical (unpaired) electrons. The molecule has 0 spiro atoms. The maximum absolute atomic E-state index is 9.51. The van der Waals surface area contributed by atoms with Gasteiger partial charge in [0.2, 0.25) is 0 Å². The van der Waals surface area contributed by atoms with Crippen LogP contribution in [0.5, 0.6) is 0 Å². The molecule has 15 heavy (non-hydrogen) atoms. The molecule has 0 saturated heterocycles. The van der Waals surface area contributed by atoms with Crippen LogP contribution in [0.4, 0.5) is 0 Å². The summed E-state index contributed by atoms with van der Waals surface area (Å²) < 4.78 is 0. The van der Waals surface area contributed by atoms with Gasteiger partial charge in [-0.3, -0.25) is 0 Å². The van der Waals surface area contributed by atoms with E-state index in [4.69, 9.17) is 5.11 Å². The Morgan fingerprint density at radius 2 is 1.80 bits per heavy atom. The Morgan fingerprint density at radius 1 is 1.13 bits per heavy atom. The van der Waals surface area contributed by atoms with Crippen LogP contribution in [0.3, 0.4) is 0 Å². The minimum atomic E-state index is 0.129. The van der Waals surface area contributed by atoms with E-state index in [9.17, 15) is 5.11 Å². The third-order valence-electron chi connectivity index (χ3n) is 3.51. The highest BCUT2D eigenvalue weighted by Gasteiger charge is 2.34. The Bertz CT molecular complexity index is 161. The first-order valence-electron chi connectivity index (χ1n) is 6.20. The minimum Gasteiger partial charge on any atom is -0.396 e. The fourth-order valence-corrected chi connectivity index (χ4v) is 2.69. The zero-order valence-corrected chi connectivity index (χ0v) is 9.91. The minimum absolute atomic E-state index is 0.129. The Balaban J connectivity index is 2.46. The molecule has 1 fully saturated rings. The first-order chi connectivity index (χ1) is 7.26. The monoisotopic (exact) mass is 215 g/mol. The fraction of sp³-hybridized carbons (Fsp3) is 1.00. The second kappa shape index (κ2) is 6.46. The third-order valence-corrected chi connectivity index (χ3v) is 3.51. The molecule has 3 heteroatoms. The average Bonchev–Trinajstić information content (AvgIpc) is 2.68. The summed E-state index contributed by atoms with van der Waals surface area (Å²) in [7, 11) is 0. The normalized spacial score (nSPS) is 20.0. The molecule has 3 nitrogen and oxygen atoms in total. The molecule has 0 heterocycles. The number of aliphatic hydroxyl groups is 2. The van der Waals surface area contributed by atoms with E-state index in [0.29, 0.717) is 6.61 Å². The molecule has 0 unspecified atom stereocenters. The van der Waals surface area contributed by atoms with Crippen LogP contribution in [0.1, 0.15) is 39.0 Å². The topological polar surface area (TPSA) is 43.7 Å². The summed E-state index contributed by atoms with van der Waals surface area (Å²) in [5.74, 6) is 0. The lowest BCUT2D eigenvalue weighted by Gasteiger charge is -2.33. The van der Waals surface area contributed by atoms with E-state index in [-0.39, 0.29) is 12.0 Å². The first kappa shape index (κ1) is 12.9. The zero-order chi connectivity index (χ0) is 11.1. The van der Waals surface area contributed by atoms with E-state index in [0.717, 1.165) is 38.9 Å². The molecule has 0 aromatic heterocycles. The van der Waals surface area contributed by atoms with Crippen molar-refractivity contribution in [3.63, 3.8) is 0 Å². The maximum Gasteiger partial charge on any atom is 0.0558 e. The van der Waals surface area contributed by atoms with Gasteiger partial charge in [-0.2, -0.15) is 0 Å². The summed E-state index contributed by atoms with van der Waals surface area (Å²) in [6.07, 6.45) is 5.91. The predicted octanol–water partition coefficient (Wildman–Crippen LogP) is 1.24. The molecule has 1 aliphatic carbocycles. The van der Waals surface area contributed by atoms with E-state index in [1.54, 1.807) is 0 Å². The van der Waals surface area contributed by atoms with E-state index < -0.39 is 0 Å². The Labute approximate surface area is 93.1 Å². The first-order valence-corrected chi connectivity index (χ1v) is 6.20. The number of rotatable bonds is 7. The summed E-state index contributed by atoms with van der Waals surface area (Å²) in [6.45, 7) is 5.42. The van der Waals surface area contributed by atoms with Crippen LogP contribution in [0.2, 0.25) is 0 Å². The number of hydrogen-bond donors (Lipinski definition) is 2. The van der Waals surface area contributed by atoms with Crippen molar-refractivity contribution < 1.29 is 10.2 Å². The quantitative estimate of drug-likeness (QED) is 0.671. The van der Waals surface area contributed by atoms with Gasteiger partial charge in [-0.15, -0.1) is 0 Å². The summed E-state index contributed by atoms with van der Waals surface area (Å²) in [4.78, 5) is 2.29. The molecule has 0 amide bonds. The highest BCUT2D eigenvalue weighted by molar-refractivity contribution is 4.87. The molecule has 1 saturated carbocycles. The molecule has 0 atom stereocenters. The van der Waals surface area contributed by atoms with Crippen LogP contribution in [-0.2, 0) is 0 Å². The third kappa shape index (κ3) is 3.74. The second-order valence-corrected chi connectivity index (χ2v) is 4.86. The molecule has 0 bridgehead atoms. The lowest BCUT2D eigenvalue weighted by atomic mass is 9.86. The van der Waals surface area contributed by atoms with Crippen LogP contribution in [-0.4, -0.2) is 48.0 Å². The van der Waals surface area contributed by atoms with Gasteiger partial charge in [0.1, 0.15) is 0 Å². The van der Waals surface area contributed by atoms with E-state index >= 15 is 0 Å². The number of aliphatic hydroxyl groups excluding tert-OH is 2. The van der Waals surface area contributed by atoms with Gasteiger partial charge in [-0.05, 0) is 25.8 Å². The molecule has 2 N–H and O–H groups in total. The van der Waals surface area contributed by atoms with Gasteiger partial charge in [0.15, 0.2) is 0 Å². The van der Waals surface area contributed by atoms with Crippen LogP contribution in [0.15, 0.2) is 0 Å². The van der Waals surface area contributed by atoms with Gasteiger partial charge < -0.3 is 15.1 Å². The average molecular weight is 215 g/mol. The summed E-state index contributed by atoms with van der Waals surface area (Å²) in [6, 6.07) is 0. The Morgan fingerprint density at radius 3 is 2.27 bits per heavy atom. The summed E-state index contributed by atoms with van der Waals surface area (Å²) in [5, 5.41) is 18.5. The molecule has 0 aliphatic heterocycles. The van der Waals surface area contributed by atoms with Gasteiger partial charge in [0.25, 0.3) is 0 Å². The lowest BCUT2D eigenvalue weighted by Crippen LogP contribution is -2.40. The molecule has 0 aromatic carbocycles. The fourth-order valence-electron chi connectivity index (χ4n) is 2.69. The van der Waals surface area contributed by atoms with E-state index in [1.165, 1.54) is 12.8 Å². The second-order valence-electron chi connectivity index (χ2n) is 4.86. The van der Waals surface area contributed by atoms with Crippen molar-refractivity contribution in [2.75, 3.05) is 32.8 Å². The largest absolute Gasteiger partial charge is 0.396 e. The van der Waals surface area contributed by atoms with E-state index in [1.807, 2.05) is 0 Å².